The minimum Gasteiger partial charge on any atom is -0.250 e. The molecule has 0 aliphatic carbocycles. The molecule has 2 aromatic heterocycles. The van der Waals surface area contributed by atoms with Crippen LogP contribution in [0.5, 0.6) is 0 Å². The molecule has 3 aromatic carbocycles. The van der Waals surface area contributed by atoms with Gasteiger partial charge in [-0.05, 0) is 34.7 Å². The molecule has 31 heavy (non-hydrogen) atoms. The molecule has 2 heterocycles. The Bertz CT molecular complexity index is 1260. The largest absolute Gasteiger partial charge is 0.250 e. The van der Waals surface area contributed by atoms with Gasteiger partial charge in [0, 0.05) is 17.4 Å². The van der Waals surface area contributed by atoms with E-state index in [1.54, 1.807) is 6.20 Å². The molecule has 0 unspecified atom stereocenters. The van der Waals surface area contributed by atoms with Crippen molar-refractivity contribution in [2.75, 3.05) is 0 Å². The number of aryl methyl sites for hydroxylation is 1. The molecule has 5 aromatic rings. The van der Waals surface area contributed by atoms with Gasteiger partial charge in [-0.1, -0.05) is 91.3 Å². The van der Waals surface area contributed by atoms with Crippen LogP contribution in [0.15, 0.2) is 97.6 Å². The molecule has 0 aliphatic heterocycles. The lowest BCUT2D eigenvalue weighted by Gasteiger charge is -2.36. The smallest absolute Gasteiger partial charge is 0.184 e. The highest BCUT2D eigenvalue weighted by atomic mass is 35.5. The van der Waals surface area contributed by atoms with Crippen molar-refractivity contribution in [3.63, 3.8) is 0 Å². The van der Waals surface area contributed by atoms with Crippen molar-refractivity contribution < 1.29 is 0 Å². The first-order valence-corrected chi connectivity index (χ1v) is 10.7. The zero-order valence-electron chi connectivity index (χ0n) is 17.1. The number of fused-ring (bicyclic) bond motifs is 1. The van der Waals surface area contributed by atoms with E-state index in [0.29, 0.717) is 5.65 Å². The van der Waals surface area contributed by atoms with Gasteiger partial charge in [0.25, 0.3) is 0 Å². The third-order valence-electron chi connectivity index (χ3n) is 5.75. The number of halogens is 1. The summed E-state index contributed by atoms with van der Waals surface area (Å²) in [7, 11) is 0. The van der Waals surface area contributed by atoms with Crippen LogP contribution in [-0.4, -0.2) is 19.7 Å². The molecule has 0 N–H and O–H groups in total. The molecule has 0 saturated heterocycles. The number of nitrogens with zero attached hydrogens (tertiary/aromatic N) is 4. The molecule has 0 atom stereocenters. The van der Waals surface area contributed by atoms with Gasteiger partial charge in [-0.15, -0.1) is 0 Å². The van der Waals surface area contributed by atoms with E-state index in [1.165, 1.54) is 6.33 Å². The summed E-state index contributed by atoms with van der Waals surface area (Å²) < 4.78 is 2.01. The molecular formula is C26H21ClN4. The van der Waals surface area contributed by atoms with Gasteiger partial charge in [0.15, 0.2) is 5.65 Å². The van der Waals surface area contributed by atoms with Crippen molar-refractivity contribution in [3.05, 3.63) is 125 Å². The summed E-state index contributed by atoms with van der Waals surface area (Å²) in [6.45, 7) is 2.12. The Morgan fingerprint density at radius 1 is 0.871 bits per heavy atom. The fourth-order valence-electron chi connectivity index (χ4n) is 4.27. The van der Waals surface area contributed by atoms with Crippen LogP contribution in [0.3, 0.4) is 0 Å². The van der Waals surface area contributed by atoms with Gasteiger partial charge in [0.1, 0.15) is 11.9 Å². The van der Waals surface area contributed by atoms with Crippen LogP contribution in [0.2, 0.25) is 5.02 Å². The third kappa shape index (κ3) is 3.20. The van der Waals surface area contributed by atoms with Crippen molar-refractivity contribution in [2.24, 2.45) is 0 Å². The molecule has 4 nitrogen and oxygen atoms in total. The molecule has 0 bridgehead atoms. The van der Waals surface area contributed by atoms with Gasteiger partial charge in [-0.25, -0.2) is 9.97 Å². The quantitative estimate of drug-likeness (QED) is 0.331. The number of hydrogen-bond donors (Lipinski definition) is 0. The van der Waals surface area contributed by atoms with Gasteiger partial charge >= 0.3 is 0 Å². The van der Waals surface area contributed by atoms with E-state index in [9.17, 15) is 0 Å². The van der Waals surface area contributed by atoms with E-state index in [0.717, 1.165) is 39.1 Å². The molecule has 0 amide bonds. The van der Waals surface area contributed by atoms with Crippen molar-refractivity contribution in [1.29, 1.82) is 0 Å². The number of aromatic nitrogens is 4. The van der Waals surface area contributed by atoms with Crippen LogP contribution in [-0.2, 0) is 12.0 Å². The van der Waals surface area contributed by atoms with Crippen LogP contribution >= 0.6 is 11.6 Å². The van der Waals surface area contributed by atoms with E-state index in [1.807, 2.05) is 29.1 Å². The average Bonchev–Trinajstić information content (AvgIpc) is 3.26. The number of benzene rings is 3. The van der Waals surface area contributed by atoms with Crippen molar-refractivity contribution >= 4 is 22.6 Å². The minimum atomic E-state index is -0.697. The van der Waals surface area contributed by atoms with Gasteiger partial charge < -0.3 is 0 Å². The molecule has 0 fully saturated rings. The lowest BCUT2D eigenvalue weighted by atomic mass is 9.76. The van der Waals surface area contributed by atoms with Gasteiger partial charge in [-0.2, -0.15) is 5.10 Å². The molecule has 0 saturated carbocycles. The maximum atomic E-state index is 6.51. The van der Waals surface area contributed by atoms with E-state index >= 15 is 0 Å². The Balaban J connectivity index is 1.93. The summed E-state index contributed by atoms with van der Waals surface area (Å²) in [5.41, 5.74) is 4.37. The normalized spacial score (nSPS) is 11.7. The van der Waals surface area contributed by atoms with Crippen LogP contribution in [0, 0.1) is 0 Å². The van der Waals surface area contributed by atoms with Crippen LogP contribution in [0.25, 0.3) is 11.0 Å². The molecule has 5 rings (SSSR count). The average molecular weight is 425 g/mol. The second-order valence-electron chi connectivity index (χ2n) is 7.48. The van der Waals surface area contributed by atoms with E-state index in [2.05, 4.69) is 77.6 Å². The molecule has 0 radical (unpaired) electrons. The lowest BCUT2D eigenvalue weighted by Crippen LogP contribution is -2.38. The summed E-state index contributed by atoms with van der Waals surface area (Å²) in [5.74, 6) is 0. The molecule has 0 spiro atoms. The zero-order valence-corrected chi connectivity index (χ0v) is 17.9. The van der Waals surface area contributed by atoms with Gasteiger partial charge in [-0.3, -0.25) is 4.68 Å². The number of rotatable bonds is 5. The Labute approximate surface area is 186 Å². The zero-order chi connectivity index (χ0) is 21.3. The highest BCUT2D eigenvalue weighted by Crippen LogP contribution is 2.42. The van der Waals surface area contributed by atoms with Gasteiger partial charge in [0.2, 0.25) is 0 Å². The predicted octanol–water partition coefficient (Wildman–Crippen LogP) is 5.88. The Morgan fingerprint density at radius 2 is 1.55 bits per heavy atom. The molecular weight excluding hydrogens is 404 g/mol. The summed E-state index contributed by atoms with van der Waals surface area (Å²) in [6.07, 6.45) is 6.20. The highest BCUT2D eigenvalue weighted by molar-refractivity contribution is 6.31. The summed E-state index contributed by atoms with van der Waals surface area (Å²) in [5, 5.41) is 6.59. The third-order valence-corrected chi connectivity index (χ3v) is 6.12. The fraction of sp³-hybridized carbons (Fsp3) is 0.115. The van der Waals surface area contributed by atoms with Crippen LogP contribution < -0.4 is 0 Å². The van der Waals surface area contributed by atoms with E-state index in [-0.39, 0.29) is 0 Å². The second-order valence-corrected chi connectivity index (χ2v) is 7.88. The van der Waals surface area contributed by atoms with Crippen molar-refractivity contribution in [1.82, 2.24) is 19.7 Å². The van der Waals surface area contributed by atoms with E-state index < -0.39 is 5.54 Å². The first kappa shape index (κ1) is 19.5. The van der Waals surface area contributed by atoms with E-state index in [4.69, 9.17) is 16.7 Å². The van der Waals surface area contributed by atoms with Gasteiger partial charge in [0.05, 0.1) is 5.39 Å². The maximum absolute atomic E-state index is 6.51. The molecule has 5 heteroatoms. The first-order chi connectivity index (χ1) is 15.2. The fourth-order valence-corrected chi connectivity index (χ4v) is 4.52. The predicted molar refractivity (Wildman–Crippen MR) is 124 cm³/mol. The molecule has 0 aliphatic rings. The van der Waals surface area contributed by atoms with Crippen LogP contribution in [0.1, 0.15) is 29.2 Å². The SMILES string of the molecule is CCc1cc(C(c2ccccc2)(c2ccccc2)n2cc3cncnc3n2)ccc1Cl. The van der Waals surface area contributed by atoms with Crippen molar-refractivity contribution in [3.8, 4) is 0 Å². The van der Waals surface area contributed by atoms with Crippen molar-refractivity contribution in [2.45, 2.75) is 18.9 Å². The summed E-state index contributed by atoms with van der Waals surface area (Å²) in [4.78, 5) is 8.56. The summed E-state index contributed by atoms with van der Waals surface area (Å²) in [6, 6.07) is 27.2. The maximum Gasteiger partial charge on any atom is 0.184 e. The summed E-state index contributed by atoms with van der Waals surface area (Å²) >= 11 is 6.51. The molecule has 152 valence electrons. The minimum absolute atomic E-state index is 0.663. The second kappa shape index (κ2) is 7.97. The highest BCUT2D eigenvalue weighted by Gasteiger charge is 2.40. The Hall–Kier alpha value is -3.50. The number of hydrogen-bond acceptors (Lipinski definition) is 3. The standard InChI is InChI=1S/C26H21ClN4/c1-2-19-15-23(13-14-24(19)27)26(21-9-5-3-6-10-21,22-11-7-4-8-12-22)31-17-20-16-28-18-29-25(20)30-31/h3-18H,2H2,1H3. The topological polar surface area (TPSA) is 43.6 Å². The van der Waals surface area contributed by atoms with Crippen LogP contribution in [0.4, 0.5) is 0 Å². The first-order valence-electron chi connectivity index (χ1n) is 10.3. The lowest BCUT2D eigenvalue weighted by molar-refractivity contribution is 0.463. The monoisotopic (exact) mass is 424 g/mol. The Morgan fingerprint density at radius 3 is 2.16 bits per heavy atom. The Kier molecular flexibility index (Phi) is 5.00.